The third-order valence-electron chi connectivity index (χ3n) is 5.55. The van der Waals surface area contributed by atoms with E-state index < -0.39 is 0 Å². The molecule has 1 aromatic rings. The van der Waals surface area contributed by atoms with Gasteiger partial charge < -0.3 is 10.2 Å². The first kappa shape index (κ1) is 11.8. The number of hydrogen-bond acceptors (Lipinski definition) is 2. The lowest BCUT2D eigenvalue weighted by atomic mass is 9.88. The molecule has 1 N–H and O–H groups in total. The molecule has 2 nitrogen and oxygen atoms in total. The van der Waals surface area contributed by atoms with Gasteiger partial charge >= 0.3 is 0 Å². The summed E-state index contributed by atoms with van der Waals surface area (Å²) in [6.07, 6.45) is 6.04. The fourth-order valence-electron chi connectivity index (χ4n) is 4.60. The van der Waals surface area contributed by atoms with Gasteiger partial charge in [-0.3, -0.25) is 0 Å². The minimum atomic E-state index is 0.963. The number of para-hydroxylation sites is 1. The molecule has 3 atom stereocenters. The Bertz CT molecular complexity index is 456. The standard InChI is InChI=1S/C17H24N2/c1-2-4-17-15(3-1)11-18-7-8-19(17)12-16-10-13-5-6-14(16)9-13/h1-4,13-14,16,18H,5-12H2. The zero-order valence-electron chi connectivity index (χ0n) is 11.6. The van der Waals surface area contributed by atoms with Crippen molar-refractivity contribution in [2.24, 2.45) is 17.8 Å². The van der Waals surface area contributed by atoms with Crippen LogP contribution in [-0.4, -0.2) is 19.6 Å². The van der Waals surface area contributed by atoms with E-state index in [9.17, 15) is 0 Å². The molecule has 1 aromatic carbocycles. The van der Waals surface area contributed by atoms with Crippen molar-refractivity contribution in [3.8, 4) is 0 Å². The fraction of sp³-hybridized carbons (Fsp3) is 0.647. The normalized spacial score (nSPS) is 33.3. The van der Waals surface area contributed by atoms with Gasteiger partial charge in [-0.1, -0.05) is 24.6 Å². The molecule has 0 radical (unpaired) electrons. The van der Waals surface area contributed by atoms with Gasteiger partial charge in [-0.25, -0.2) is 0 Å². The van der Waals surface area contributed by atoms with E-state index in [-0.39, 0.29) is 0 Å². The second-order valence-electron chi connectivity index (χ2n) is 6.69. The van der Waals surface area contributed by atoms with Crippen molar-refractivity contribution in [3.05, 3.63) is 29.8 Å². The molecule has 2 aliphatic carbocycles. The minimum Gasteiger partial charge on any atom is -0.370 e. The molecule has 1 aliphatic heterocycles. The third kappa shape index (κ3) is 2.16. The van der Waals surface area contributed by atoms with E-state index in [4.69, 9.17) is 0 Å². The maximum atomic E-state index is 3.55. The molecule has 0 saturated heterocycles. The molecule has 1 heterocycles. The molecule has 0 aromatic heterocycles. The summed E-state index contributed by atoms with van der Waals surface area (Å²) >= 11 is 0. The van der Waals surface area contributed by atoms with Crippen molar-refractivity contribution in [3.63, 3.8) is 0 Å². The molecule has 2 heteroatoms. The van der Waals surface area contributed by atoms with Crippen LogP contribution in [0.25, 0.3) is 0 Å². The van der Waals surface area contributed by atoms with Crippen molar-refractivity contribution in [1.29, 1.82) is 0 Å². The topological polar surface area (TPSA) is 15.3 Å². The summed E-state index contributed by atoms with van der Waals surface area (Å²) in [5.74, 6) is 3.06. The lowest BCUT2D eigenvalue weighted by Gasteiger charge is -2.31. The van der Waals surface area contributed by atoms with Gasteiger partial charge in [-0.2, -0.15) is 0 Å². The molecule has 4 rings (SSSR count). The first-order valence-corrected chi connectivity index (χ1v) is 7.94. The second kappa shape index (κ2) is 4.82. The molecule has 2 saturated carbocycles. The Hall–Kier alpha value is -1.02. The Morgan fingerprint density at radius 2 is 2.11 bits per heavy atom. The summed E-state index contributed by atoms with van der Waals surface area (Å²) in [6, 6.07) is 8.95. The summed E-state index contributed by atoms with van der Waals surface area (Å²) in [6.45, 7) is 4.61. The number of nitrogens with one attached hydrogen (secondary N) is 1. The maximum Gasteiger partial charge on any atom is 0.0412 e. The first-order valence-electron chi connectivity index (χ1n) is 7.94. The molecular weight excluding hydrogens is 232 g/mol. The van der Waals surface area contributed by atoms with Gasteiger partial charge in [0.2, 0.25) is 0 Å². The van der Waals surface area contributed by atoms with Gasteiger partial charge in [-0.05, 0) is 48.6 Å². The molecule has 102 valence electrons. The van der Waals surface area contributed by atoms with Crippen molar-refractivity contribution < 1.29 is 0 Å². The second-order valence-corrected chi connectivity index (χ2v) is 6.69. The van der Waals surface area contributed by atoms with Gasteiger partial charge in [0.05, 0.1) is 0 Å². The van der Waals surface area contributed by atoms with E-state index in [1.165, 1.54) is 50.0 Å². The van der Waals surface area contributed by atoms with Crippen LogP contribution in [0.4, 0.5) is 5.69 Å². The van der Waals surface area contributed by atoms with Crippen molar-refractivity contribution in [2.45, 2.75) is 32.2 Å². The smallest absolute Gasteiger partial charge is 0.0412 e. The summed E-state index contributed by atoms with van der Waals surface area (Å²) in [5, 5.41) is 3.55. The third-order valence-corrected chi connectivity index (χ3v) is 5.55. The molecule has 0 amide bonds. The Kier molecular flexibility index (Phi) is 2.99. The van der Waals surface area contributed by atoms with Crippen LogP contribution in [0.2, 0.25) is 0 Å². The van der Waals surface area contributed by atoms with E-state index in [2.05, 4.69) is 34.5 Å². The van der Waals surface area contributed by atoms with Gasteiger partial charge in [-0.15, -0.1) is 0 Å². The number of hydrogen-bond donors (Lipinski definition) is 1. The highest BCUT2D eigenvalue weighted by Gasteiger charge is 2.40. The van der Waals surface area contributed by atoms with Crippen molar-refractivity contribution >= 4 is 5.69 Å². The van der Waals surface area contributed by atoms with Crippen LogP contribution in [0.15, 0.2) is 24.3 Å². The van der Waals surface area contributed by atoms with Crippen LogP contribution in [0, 0.1) is 17.8 Å². The molecule has 2 bridgehead atoms. The zero-order chi connectivity index (χ0) is 12.7. The Morgan fingerprint density at radius 1 is 1.16 bits per heavy atom. The summed E-state index contributed by atoms with van der Waals surface area (Å²) in [5.41, 5.74) is 2.96. The molecule has 3 aliphatic rings. The van der Waals surface area contributed by atoms with Crippen molar-refractivity contribution in [2.75, 3.05) is 24.5 Å². The Labute approximate surface area is 116 Å². The van der Waals surface area contributed by atoms with E-state index in [0.717, 1.165) is 30.8 Å². The quantitative estimate of drug-likeness (QED) is 0.875. The number of anilines is 1. The molecule has 19 heavy (non-hydrogen) atoms. The Morgan fingerprint density at radius 3 is 2.95 bits per heavy atom. The van der Waals surface area contributed by atoms with Crippen molar-refractivity contribution in [1.82, 2.24) is 5.32 Å². The monoisotopic (exact) mass is 256 g/mol. The van der Waals surface area contributed by atoms with E-state index in [0.29, 0.717) is 0 Å². The molecule has 3 unspecified atom stereocenters. The fourth-order valence-corrected chi connectivity index (χ4v) is 4.60. The lowest BCUT2D eigenvalue weighted by molar-refractivity contribution is 0.334. The van der Waals surface area contributed by atoms with Crippen LogP contribution >= 0.6 is 0 Å². The van der Waals surface area contributed by atoms with Gasteiger partial charge in [0.1, 0.15) is 0 Å². The Balaban J connectivity index is 1.54. The molecule has 2 fully saturated rings. The zero-order valence-corrected chi connectivity index (χ0v) is 11.6. The predicted molar refractivity (Wildman–Crippen MR) is 79.3 cm³/mol. The average Bonchev–Trinajstić information content (AvgIpc) is 2.99. The van der Waals surface area contributed by atoms with Crippen LogP contribution in [0.5, 0.6) is 0 Å². The van der Waals surface area contributed by atoms with Crippen LogP contribution in [0.1, 0.15) is 31.2 Å². The van der Waals surface area contributed by atoms with E-state index in [1.54, 1.807) is 0 Å². The van der Waals surface area contributed by atoms with Gasteiger partial charge in [0.15, 0.2) is 0 Å². The molecule has 0 spiro atoms. The summed E-state index contributed by atoms with van der Waals surface area (Å²) in [7, 11) is 0. The predicted octanol–water partition coefficient (Wildman–Crippen LogP) is 3.03. The SMILES string of the molecule is c1ccc2c(c1)CNCCN2CC1CC2CCC1C2. The van der Waals surface area contributed by atoms with Crippen LogP contribution in [-0.2, 0) is 6.54 Å². The van der Waals surface area contributed by atoms with Crippen LogP contribution in [0.3, 0.4) is 0 Å². The highest BCUT2D eigenvalue weighted by Crippen LogP contribution is 2.48. The number of rotatable bonds is 2. The van der Waals surface area contributed by atoms with E-state index >= 15 is 0 Å². The largest absolute Gasteiger partial charge is 0.370 e. The maximum absolute atomic E-state index is 3.55. The van der Waals surface area contributed by atoms with E-state index in [1.807, 2.05) is 0 Å². The number of benzene rings is 1. The summed E-state index contributed by atoms with van der Waals surface area (Å²) < 4.78 is 0. The minimum absolute atomic E-state index is 0.963. The summed E-state index contributed by atoms with van der Waals surface area (Å²) in [4.78, 5) is 2.65. The highest BCUT2D eigenvalue weighted by molar-refractivity contribution is 5.54. The van der Waals surface area contributed by atoms with Crippen LogP contribution < -0.4 is 10.2 Å². The molecular formula is C17H24N2. The van der Waals surface area contributed by atoms with Gasteiger partial charge in [0.25, 0.3) is 0 Å². The average molecular weight is 256 g/mol. The number of nitrogens with zero attached hydrogens (tertiary/aromatic N) is 1. The number of fused-ring (bicyclic) bond motifs is 3. The first-order chi connectivity index (χ1) is 9.40. The lowest BCUT2D eigenvalue weighted by Crippen LogP contribution is -2.35. The van der Waals surface area contributed by atoms with Gasteiger partial charge in [0, 0.05) is 31.9 Å². The highest BCUT2D eigenvalue weighted by atomic mass is 15.2.